The van der Waals surface area contributed by atoms with E-state index in [0.29, 0.717) is 18.4 Å². The summed E-state index contributed by atoms with van der Waals surface area (Å²) in [6.45, 7) is 17.3. The van der Waals surface area contributed by atoms with Crippen molar-refractivity contribution < 1.29 is 4.74 Å². The maximum atomic E-state index is 4.91. The normalized spacial score (nSPS) is 11.3. The lowest BCUT2D eigenvalue weighted by molar-refractivity contribution is 0.244. The molecule has 0 unspecified atom stereocenters. The molecule has 0 spiro atoms. The molecule has 0 aliphatic heterocycles. The molecule has 3 heteroatoms. The van der Waals surface area contributed by atoms with Gasteiger partial charge in [-0.25, -0.2) is 0 Å². The lowest BCUT2D eigenvalue weighted by atomic mass is 10.2. The van der Waals surface area contributed by atoms with Crippen molar-refractivity contribution in [1.29, 1.82) is 0 Å². The average Bonchev–Trinajstić information content (AvgIpc) is 2.25. The minimum Gasteiger partial charge on any atom is -0.379 e. The van der Waals surface area contributed by atoms with Crippen LogP contribution in [0.3, 0.4) is 0 Å². The predicted molar refractivity (Wildman–Crippen MR) is 83.2 cm³/mol. The first-order valence-corrected chi connectivity index (χ1v) is 6.76. The van der Waals surface area contributed by atoms with Crippen molar-refractivity contribution in [2.75, 3.05) is 26.8 Å². The Morgan fingerprint density at radius 1 is 0.889 bits per heavy atom. The Labute approximate surface area is 114 Å². The van der Waals surface area contributed by atoms with Gasteiger partial charge in [0, 0.05) is 31.6 Å². The predicted octanol–water partition coefficient (Wildman–Crippen LogP) is 3.87. The fraction of sp³-hybridized carbons (Fsp3) is 0.867. The molecule has 0 aromatic heterocycles. The van der Waals surface area contributed by atoms with Crippen LogP contribution in [0.1, 0.15) is 48.5 Å². The Morgan fingerprint density at radius 3 is 1.61 bits per heavy atom. The molecule has 0 radical (unpaired) electrons. The number of rotatable bonds is 6. The van der Waals surface area contributed by atoms with Crippen LogP contribution in [0.2, 0.25) is 0 Å². The summed E-state index contributed by atoms with van der Waals surface area (Å²) >= 11 is 0. The zero-order chi connectivity index (χ0) is 14.6. The Kier molecular flexibility index (Phi) is 13.9. The molecule has 18 heavy (non-hydrogen) atoms. The zero-order valence-electron chi connectivity index (χ0n) is 13.6. The highest BCUT2D eigenvalue weighted by Gasteiger charge is 1.91. The molecule has 0 aliphatic carbocycles. The molecule has 0 bridgehead atoms. The smallest absolute Gasteiger partial charge is 0.0837 e. The van der Waals surface area contributed by atoms with Crippen LogP contribution in [0.15, 0.2) is 9.98 Å². The molecule has 0 saturated heterocycles. The monoisotopic (exact) mass is 256 g/mol. The number of nitrogens with zero attached hydrogens (tertiary/aromatic N) is 2. The lowest BCUT2D eigenvalue weighted by Gasteiger charge is -2.00. The van der Waals surface area contributed by atoms with E-state index in [4.69, 9.17) is 4.74 Å². The number of methoxy groups -OCH3 is 1. The van der Waals surface area contributed by atoms with Gasteiger partial charge < -0.3 is 4.74 Å². The molecular weight excluding hydrogens is 224 g/mol. The molecule has 0 aliphatic rings. The van der Waals surface area contributed by atoms with Crippen molar-refractivity contribution in [3.8, 4) is 0 Å². The fourth-order valence-corrected chi connectivity index (χ4v) is 0.958. The van der Waals surface area contributed by atoms with E-state index in [-0.39, 0.29) is 0 Å². The van der Waals surface area contributed by atoms with Gasteiger partial charge in [-0.2, -0.15) is 0 Å². The van der Waals surface area contributed by atoms with Gasteiger partial charge in [0.15, 0.2) is 0 Å². The van der Waals surface area contributed by atoms with E-state index in [2.05, 4.69) is 37.7 Å². The SMILES string of the molecule is CC(C)=NCC(C)C.COCC(C)=NCC(C)C. The molecular formula is C15H32N2O. The molecule has 0 atom stereocenters. The second-order valence-corrected chi connectivity index (χ2v) is 5.58. The van der Waals surface area contributed by atoms with Crippen molar-refractivity contribution in [3.63, 3.8) is 0 Å². The van der Waals surface area contributed by atoms with Gasteiger partial charge in [0.05, 0.1) is 6.61 Å². The highest BCUT2D eigenvalue weighted by atomic mass is 16.5. The third kappa shape index (κ3) is 20.7. The standard InChI is InChI=1S/C8H17NO.C7H15N/c1-7(2)5-9-8(3)6-10-4;1-6(2)5-8-7(3)4/h7H,5-6H2,1-4H3;6H,5H2,1-4H3. The maximum absolute atomic E-state index is 4.91. The van der Waals surface area contributed by atoms with E-state index in [1.807, 2.05) is 20.8 Å². The van der Waals surface area contributed by atoms with Crippen LogP contribution >= 0.6 is 0 Å². The van der Waals surface area contributed by atoms with Crippen molar-refractivity contribution in [1.82, 2.24) is 0 Å². The van der Waals surface area contributed by atoms with Gasteiger partial charge in [0.25, 0.3) is 0 Å². The summed E-state index contributed by atoms with van der Waals surface area (Å²) in [7, 11) is 1.69. The Morgan fingerprint density at radius 2 is 1.33 bits per heavy atom. The van der Waals surface area contributed by atoms with Gasteiger partial charge in [-0.1, -0.05) is 27.7 Å². The summed E-state index contributed by atoms with van der Waals surface area (Å²) in [5.74, 6) is 1.34. The molecule has 0 heterocycles. The lowest BCUT2D eigenvalue weighted by Crippen LogP contribution is -2.04. The Bertz CT molecular complexity index is 239. The highest BCUT2D eigenvalue weighted by molar-refractivity contribution is 5.83. The first-order valence-electron chi connectivity index (χ1n) is 6.76. The Hall–Kier alpha value is -0.700. The molecule has 3 nitrogen and oxygen atoms in total. The van der Waals surface area contributed by atoms with Crippen molar-refractivity contribution in [2.45, 2.75) is 48.5 Å². The highest BCUT2D eigenvalue weighted by Crippen LogP contribution is 1.92. The van der Waals surface area contributed by atoms with E-state index in [9.17, 15) is 0 Å². The third-order valence-electron chi connectivity index (χ3n) is 1.85. The van der Waals surface area contributed by atoms with Gasteiger partial charge in [0.1, 0.15) is 0 Å². The molecule has 0 fully saturated rings. The van der Waals surface area contributed by atoms with E-state index in [1.54, 1.807) is 7.11 Å². The second kappa shape index (κ2) is 12.7. The maximum Gasteiger partial charge on any atom is 0.0837 e. The number of hydrogen-bond donors (Lipinski definition) is 0. The van der Waals surface area contributed by atoms with Crippen LogP contribution in [0, 0.1) is 11.8 Å². The van der Waals surface area contributed by atoms with Gasteiger partial charge >= 0.3 is 0 Å². The van der Waals surface area contributed by atoms with Crippen LogP contribution in [-0.4, -0.2) is 38.2 Å². The Balaban J connectivity index is 0. The van der Waals surface area contributed by atoms with Crippen LogP contribution in [0.4, 0.5) is 0 Å². The summed E-state index contributed by atoms with van der Waals surface area (Å²) < 4.78 is 4.91. The van der Waals surface area contributed by atoms with Crippen LogP contribution < -0.4 is 0 Å². The number of ether oxygens (including phenoxy) is 1. The van der Waals surface area contributed by atoms with E-state index in [1.165, 1.54) is 5.71 Å². The fourth-order valence-electron chi connectivity index (χ4n) is 0.958. The van der Waals surface area contributed by atoms with Gasteiger partial charge in [-0.3, -0.25) is 9.98 Å². The van der Waals surface area contributed by atoms with Crippen LogP contribution in [0.25, 0.3) is 0 Å². The summed E-state index contributed by atoms with van der Waals surface area (Å²) in [5.41, 5.74) is 2.26. The quantitative estimate of drug-likeness (QED) is 0.664. The van der Waals surface area contributed by atoms with Crippen molar-refractivity contribution >= 4 is 11.4 Å². The largest absolute Gasteiger partial charge is 0.379 e. The summed E-state index contributed by atoms with van der Waals surface area (Å²) in [6.07, 6.45) is 0. The van der Waals surface area contributed by atoms with E-state index < -0.39 is 0 Å². The molecule has 0 aromatic rings. The van der Waals surface area contributed by atoms with E-state index >= 15 is 0 Å². The molecule has 0 aromatic carbocycles. The van der Waals surface area contributed by atoms with Crippen LogP contribution in [0.5, 0.6) is 0 Å². The van der Waals surface area contributed by atoms with E-state index in [0.717, 1.165) is 18.8 Å². The topological polar surface area (TPSA) is 34.0 Å². The number of hydrogen-bond acceptors (Lipinski definition) is 3. The molecule has 0 amide bonds. The van der Waals surface area contributed by atoms with Gasteiger partial charge in [-0.05, 0) is 32.6 Å². The molecule has 0 rings (SSSR count). The van der Waals surface area contributed by atoms with Crippen molar-refractivity contribution in [3.05, 3.63) is 0 Å². The van der Waals surface area contributed by atoms with Gasteiger partial charge in [0.2, 0.25) is 0 Å². The summed E-state index contributed by atoms with van der Waals surface area (Å²) in [5, 5.41) is 0. The summed E-state index contributed by atoms with van der Waals surface area (Å²) in [6, 6.07) is 0. The number of aliphatic imine (C=N–C) groups is 2. The average molecular weight is 256 g/mol. The zero-order valence-corrected chi connectivity index (χ0v) is 13.6. The molecule has 0 N–H and O–H groups in total. The summed E-state index contributed by atoms with van der Waals surface area (Å²) in [4.78, 5) is 8.55. The minimum atomic E-state index is 0.645. The van der Waals surface area contributed by atoms with Gasteiger partial charge in [-0.15, -0.1) is 0 Å². The minimum absolute atomic E-state index is 0.645. The first-order chi connectivity index (χ1) is 8.29. The second-order valence-electron chi connectivity index (χ2n) is 5.58. The van der Waals surface area contributed by atoms with Crippen LogP contribution in [-0.2, 0) is 4.74 Å². The van der Waals surface area contributed by atoms with Crippen molar-refractivity contribution in [2.24, 2.45) is 21.8 Å². The first kappa shape index (κ1) is 19.6. The molecule has 108 valence electrons. The molecule has 0 saturated carbocycles. The third-order valence-corrected chi connectivity index (χ3v) is 1.85.